The quantitative estimate of drug-likeness (QED) is 0.769. The number of para-hydroxylation sites is 1. The van der Waals surface area contributed by atoms with Crippen LogP contribution in [0, 0.1) is 0 Å². The molecular weight excluding hydrogens is 184 g/mol. The highest BCUT2D eigenvalue weighted by Crippen LogP contribution is 2.14. The summed E-state index contributed by atoms with van der Waals surface area (Å²) in [5, 5.41) is 4.75. The van der Waals surface area contributed by atoms with Gasteiger partial charge >= 0.3 is 0 Å². The van der Waals surface area contributed by atoms with Crippen LogP contribution in [0.3, 0.4) is 0 Å². The lowest BCUT2D eigenvalue weighted by molar-refractivity contribution is 0.422. The molecule has 0 atom stereocenters. The van der Waals surface area contributed by atoms with Crippen molar-refractivity contribution in [1.29, 1.82) is 0 Å². The molecule has 0 radical (unpaired) electrons. The minimum Gasteiger partial charge on any atom is -0.357 e. The van der Waals surface area contributed by atoms with Gasteiger partial charge in [-0.05, 0) is 38.3 Å². The molecule has 0 amide bonds. The summed E-state index contributed by atoms with van der Waals surface area (Å²) < 4.78 is 0. The van der Waals surface area contributed by atoms with Crippen LogP contribution in [0.1, 0.15) is 26.5 Å². The molecular formula is C13H18N2. The van der Waals surface area contributed by atoms with E-state index < -0.39 is 0 Å². The van der Waals surface area contributed by atoms with E-state index in [1.807, 2.05) is 0 Å². The Hall–Kier alpha value is -1.28. The molecule has 80 valence electrons. The second kappa shape index (κ2) is 3.70. The molecule has 1 aromatic carbocycles. The second-order valence-electron chi connectivity index (χ2n) is 4.99. The van der Waals surface area contributed by atoms with E-state index in [0.717, 1.165) is 6.54 Å². The Labute approximate surface area is 90.7 Å². The molecule has 0 aliphatic carbocycles. The van der Waals surface area contributed by atoms with Crippen LogP contribution < -0.4 is 5.32 Å². The first-order valence-electron chi connectivity index (χ1n) is 5.36. The van der Waals surface area contributed by atoms with Crippen molar-refractivity contribution in [2.75, 3.05) is 0 Å². The highest BCUT2D eigenvalue weighted by molar-refractivity contribution is 5.80. The zero-order valence-electron chi connectivity index (χ0n) is 9.59. The smallest absolute Gasteiger partial charge is 0.0456 e. The first-order valence-corrected chi connectivity index (χ1v) is 5.36. The van der Waals surface area contributed by atoms with Gasteiger partial charge in [0, 0.05) is 23.3 Å². The fourth-order valence-electron chi connectivity index (χ4n) is 1.59. The van der Waals surface area contributed by atoms with E-state index in [-0.39, 0.29) is 5.54 Å². The number of nitrogens with one attached hydrogen (secondary N) is 2. The van der Waals surface area contributed by atoms with Crippen LogP contribution in [0.4, 0.5) is 0 Å². The summed E-state index contributed by atoms with van der Waals surface area (Å²) in [5.41, 5.74) is 2.62. The number of fused-ring (bicyclic) bond motifs is 1. The van der Waals surface area contributed by atoms with E-state index in [1.54, 1.807) is 0 Å². The Morgan fingerprint density at radius 1 is 1.20 bits per heavy atom. The maximum atomic E-state index is 3.47. The fourth-order valence-corrected chi connectivity index (χ4v) is 1.59. The third-order valence-corrected chi connectivity index (χ3v) is 2.39. The van der Waals surface area contributed by atoms with Crippen molar-refractivity contribution in [3.05, 3.63) is 36.0 Å². The minimum atomic E-state index is 0.164. The van der Waals surface area contributed by atoms with Crippen molar-refractivity contribution in [1.82, 2.24) is 10.3 Å². The topological polar surface area (TPSA) is 27.8 Å². The largest absolute Gasteiger partial charge is 0.357 e. The molecule has 2 N–H and O–H groups in total. The molecule has 2 nitrogen and oxygen atoms in total. The Kier molecular flexibility index (Phi) is 2.53. The molecule has 0 spiro atoms. The van der Waals surface area contributed by atoms with Gasteiger partial charge in [0.15, 0.2) is 0 Å². The summed E-state index contributed by atoms with van der Waals surface area (Å²) in [4.78, 5) is 3.41. The van der Waals surface area contributed by atoms with Gasteiger partial charge in [0.25, 0.3) is 0 Å². The van der Waals surface area contributed by atoms with Gasteiger partial charge in [-0.2, -0.15) is 0 Å². The summed E-state index contributed by atoms with van der Waals surface area (Å²) in [6, 6.07) is 10.6. The van der Waals surface area contributed by atoms with Crippen LogP contribution in [0.2, 0.25) is 0 Å². The van der Waals surface area contributed by atoms with Crippen LogP contribution in [0.5, 0.6) is 0 Å². The van der Waals surface area contributed by atoms with Gasteiger partial charge in [-0.15, -0.1) is 0 Å². The number of aromatic amines is 1. The SMILES string of the molecule is CC(C)(C)NCc1cc2ccccc2[nH]1. The van der Waals surface area contributed by atoms with Crippen molar-refractivity contribution in [2.24, 2.45) is 0 Å². The lowest BCUT2D eigenvalue weighted by Gasteiger charge is -2.19. The summed E-state index contributed by atoms with van der Waals surface area (Å²) in [6.45, 7) is 7.42. The molecule has 2 rings (SSSR count). The predicted molar refractivity (Wildman–Crippen MR) is 64.9 cm³/mol. The minimum absolute atomic E-state index is 0.164. The highest BCUT2D eigenvalue weighted by Gasteiger charge is 2.09. The summed E-state index contributed by atoms with van der Waals surface area (Å²) in [5.74, 6) is 0. The molecule has 0 aliphatic heterocycles. The maximum Gasteiger partial charge on any atom is 0.0456 e. The van der Waals surface area contributed by atoms with Crippen molar-refractivity contribution in [2.45, 2.75) is 32.9 Å². The van der Waals surface area contributed by atoms with E-state index in [2.05, 4.69) is 61.4 Å². The van der Waals surface area contributed by atoms with E-state index in [4.69, 9.17) is 0 Å². The highest BCUT2D eigenvalue weighted by atomic mass is 15.0. The van der Waals surface area contributed by atoms with Gasteiger partial charge in [0.05, 0.1) is 0 Å². The van der Waals surface area contributed by atoms with Gasteiger partial charge in [-0.3, -0.25) is 0 Å². The number of hydrogen-bond acceptors (Lipinski definition) is 1. The van der Waals surface area contributed by atoms with Gasteiger partial charge in [0.2, 0.25) is 0 Å². The summed E-state index contributed by atoms with van der Waals surface area (Å²) in [6.07, 6.45) is 0. The number of hydrogen-bond donors (Lipinski definition) is 2. The first kappa shape index (κ1) is 10.2. The average Bonchev–Trinajstić information content (AvgIpc) is 2.56. The molecule has 1 heterocycles. The van der Waals surface area contributed by atoms with E-state index in [0.29, 0.717) is 0 Å². The summed E-state index contributed by atoms with van der Waals surface area (Å²) in [7, 11) is 0. The molecule has 0 saturated heterocycles. The Morgan fingerprint density at radius 2 is 1.93 bits per heavy atom. The van der Waals surface area contributed by atoms with E-state index in [1.165, 1.54) is 16.6 Å². The molecule has 2 heteroatoms. The molecule has 0 saturated carbocycles. The van der Waals surface area contributed by atoms with Crippen LogP contribution in [0.15, 0.2) is 30.3 Å². The predicted octanol–water partition coefficient (Wildman–Crippen LogP) is 3.06. The van der Waals surface area contributed by atoms with E-state index in [9.17, 15) is 0 Å². The number of benzene rings is 1. The third-order valence-electron chi connectivity index (χ3n) is 2.39. The van der Waals surface area contributed by atoms with Crippen molar-refractivity contribution in [3.8, 4) is 0 Å². The molecule has 1 aromatic heterocycles. The van der Waals surface area contributed by atoms with Gasteiger partial charge in [-0.25, -0.2) is 0 Å². The lowest BCUT2D eigenvalue weighted by atomic mass is 10.1. The van der Waals surface area contributed by atoms with Crippen LogP contribution in [-0.2, 0) is 6.54 Å². The molecule has 0 aliphatic rings. The van der Waals surface area contributed by atoms with Gasteiger partial charge in [-0.1, -0.05) is 18.2 Å². The zero-order valence-corrected chi connectivity index (χ0v) is 9.59. The van der Waals surface area contributed by atoms with Crippen molar-refractivity contribution >= 4 is 10.9 Å². The van der Waals surface area contributed by atoms with Crippen molar-refractivity contribution in [3.63, 3.8) is 0 Å². The third kappa shape index (κ3) is 2.60. The number of H-pyrrole nitrogens is 1. The van der Waals surface area contributed by atoms with Crippen LogP contribution in [-0.4, -0.2) is 10.5 Å². The fraction of sp³-hybridized carbons (Fsp3) is 0.385. The molecule has 0 unspecified atom stereocenters. The van der Waals surface area contributed by atoms with E-state index >= 15 is 0 Å². The standard InChI is InChI=1S/C13H18N2/c1-13(2,3)14-9-11-8-10-6-4-5-7-12(10)15-11/h4-8,14-15H,9H2,1-3H3. The van der Waals surface area contributed by atoms with Crippen molar-refractivity contribution < 1.29 is 0 Å². The zero-order chi connectivity index (χ0) is 10.9. The normalized spacial score (nSPS) is 12.2. The second-order valence-corrected chi connectivity index (χ2v) is 4.99. The molecule has 2 aromatic rings. The molecule has 0 fully saturated rings. The van der Waals surface area contributed by atoms with Gasteiger partial charge in [0.1, 0.15) is 0 Å². The van der Waals surface area contributed by atoms with Gasteiger partial charge < -0.3 is 10.3 Å². The monoisotopic (exact) mass is 202 g/mol. The summed E-state index contributed by atoms with van der Waals surface area (Å²) >= 11 is 0. The molecule has 15 heavy (non-hydrogen) atoms. The molecule has 0 bridgehead atoms. The van der Waals surface area contributed by atoms with Crippen LogP contribution in [0.25, 0.3) is 10.9 Å². The Morgan fingerprint density at radius 3 is 2.60 bits per heavy atom. The maximum absolute atomic E-state index is 3.47. The number of aromatic nitrogens is 1. The van der Waals surface area contributed by atoms with Crippen LogP contribution >= 0.6 is 0 Å². The Bertz CT molecular complexity index is 416. The first-order chi connectivity index (χ1) is 7.04. The number of rotatable bonds is 2. The average molecular weight is 202 g/mol. The Balaban J connectivity index is 2.16. The lowest BCUT2D eigenvalue weighted by Crippen LogP contribution is -2.35.